The van der Waals surface area contributed by atoms with Crippen molar-refractivity contribution in [2.45, 2.75) is 51.0 Å². The van der Waals surface area contributed by atoms with Crippen molar-refractivity contribution in [2.75, 3.05) is 5.32 Å². The van der Waals surface area contributed by atoms with Gasteiger partial charge < -0.3 is 15.7 Å². The van der Waals surface area contributed by atoms with Crippen LogP contribution in [0, 0.1) is 0 Å². The van der Waals surface area contributed by atoms with Gasteiger partial charge in [0.05, 0.1) is 0 Å². The normalized spacial score (nSPS) is 16.7. The van der Waals surface area contributed by atoms with Gasteiger partial charge in [0.2, 0.25) is 0 Å². The molecule has 5 nitrogen and oxygen atoms in total. The Bertz CT molecular complexity index is 517. The smallest absolute Gasteiger partial charge is 0.329 e. The topological polar surface area (TPSA) is 78.4 Å². The number of carbonyl (C=O) groups is 2. The van der Waals surface area contributed by atoms with Crippen molar-refractivity contribution in [3.05, 3.63) is 29.8 Å². The van der Waals surface area contributed by atoms with Crippen LogP contribution in [0.5, 0.6) is 0 Å². The monoisotopic (exact) mass is 290 g/mol. The number of rotatable bonds is 4. The summed E-state index contributed by atoms with van der Waals surface area (Å²) in [4.78, 5) is 23.4. The Morgan fingerprint density at radius 1 is 1.14 bits per heavy atom. The third-order valence-corrected chi connectivity index (χ3v) is 4.05. The van der Waals surface area contributed by atoms with E-state index in [-0.39, 0.29) is 0 Å². The van der Waals surface area contributed by atoms with Crippen LogP contribution >= 0.6 is 0 Å². The largest absolute Gasteiger partial charge is 0.480 e. The van der Waals surface area contributed by atoms with E-state index in [0.29, 0.717) is 24.4 Å². The molecular formula is C16H22N2O3. The molecule has 0 saturated heterocycles. The third-order valence-electron chi connectivity index (χ3n) is 4.05. The number of carboxylic acids is 1. The second kappa shape index (κ2) is 6.16. The van der Waals surface area contributed by atoms with Crippen molar-refractivity contribution in [2.24, 2.45) is 0 Å². The molecule has 1 aliphatic carbocycles. The van der Waals surface area contributed by atoms with Crippen LogP contribution in [-0.4, -0.2) is 22.6 Å². The molecule has 0 aliphatic heterocycles. The maximum Gasteiger partial charge on any atom is 0.329 e. The molecule has 1 aromatic rings. The lowest BCUT2D eigenvalue weighted by Gasteiger charge is -2.25. The zero-order chi connectivity index (χ0) is 15.5. The lowest BCUT2D eigenvalue weighted by molar-refractivity contribution is -0.144. The molecule has 21 heavy (non-hydrogen) atoms. The fraction of sp³-hybridized carbons (Fsp3) is 0.500. The number of hydrogen-bond donors (Lipinski definition) is 3. The van der Waals surface area contributed by atoms with E-state index >= 15 is 0 Å². The van der Waals surface area contributed by atoms with Crippen LogP contribution in [-0.2, 0) is 4.79 Å². The van der Waals surface area contributed by atoms with Gasteiger partial charge in [0.1, 0.15) is 5.54 Å². The van der Waals surface area contributed by atoms with Crippen LogP contribution in [0.25, 0.3) is 0 Å². The Morgan fingerprint density at radius 2 is 1.71 bits per heavy atom. The van der Waals surface area contributed by atoms with E-state index in [1.807, 2.05) is 24.3 Å². The third kappa shape index (κ3) is 3.54. The number of hydrogen-bond acceptors (Lipinski definition) is 2. The van der Waals surface area contributed by atoms with Crippen molar-refractivity contribution in [1.82, 2.24) is 5.32 Å². The van der Waals surface area contributed by atoms with Gasteiger partial charge in [-0.1, -0.05) is 38.8 Å². The van der Waals surface area contributed by atoms with Crippen molar-refractivity contribution < 1.29 is 14.7 Å². The number of nitrogens with one attached hydrogen (secondary N) is 2. The molecule has 0 atom stereocenters. The van der Waals surface area contributed by atoms with Crippen LogP contribution in [0.15, 0.2) is 24.3 Å². The number of urea groups is 1. The van der Waals surface area contributed by atoms with Gasteiger partial charge in [-0.2, -0.15) is 0 Å². The molecule has 0 aromatic heterocycles. The highest BCUT2D eigenvalue weighted by Crippen LogP contribution is 2.30. The van der Waals surface area contributed by atoms with E-state index < -0.39 is 17.5 Å². The van der Waals surface area contributed by atoms with Crippen LogP contribution in [0.3, 0.4) is 0 Å². The Balaban J connectivity index is 1.99. The summed E-state index contributed by atoms with van der Waals surface area (Å²) in [5.41, 5.74) is 0.747. The average Bonchev–Trinajstić information content (AvgIpc) is 2.89. The fourth-order valence-electron chi connectivity index (χ4n) is 2.70. The number of carbonyl (C=O) groups excluding carboxylic acids is 1. The molecule has 2 rings (SSSR count). The van der Waals surface area contributed by atoms with Gasteiger partial charge in [-0.25, -0.2) is 9.59 Å². The quantitative estimate of drug-likeness (QED) is 0.796. The van der Waals surface area contributed by atoms with E-state index in [0.717, 1.165) is 12.8 Å². The zero-order valence-electron chi connectivity index (χ0n) is 12.5. The predicted molar refractivity (Wildman–Crippen MR) is 81.5 cm³/mol. The molecule has 0 radical (unpaired) electrons. The van der Waals surface area contributed by atoms with Crippen LogP contribution in [0.2, 0.25) is 0 Å². The molecule has 1 fully saturated rings. The SMILES string of the molecule is CC(C)c1ccc(NC(=O)NC2(C(=O)O)CCCC2)cc1. The number of amides is 2. The van der Waals surface area contributed by atoms with Gasteiger partial charge >= 0.3 is 12.0 Å². The second-order valence-corrected chi connectivity index (χ2v) is 5.95. The summed E-state index contributed by atoms with van der Waals surface area (Å²) in [5, 5.41) is 14.7. The highest BCUT2D eigenvalue weighted by molar-refractivity contribution is 5.94. The zero-order valence-corrected chi connectivity index (χ0v) is 12.5. The fourth-order valence-corrected chi connectivity index (χ4v) is 2.70. The number of carboxylic acid groups (broad SMARTS) is 1. The Hall–Kier alpha value is -2.04. The van der Waals surface area contributed by atoms with E-state index in [9.17, 15) is 14.7 Å². The van der Waals surface area contributed by atoms with Crippen molar-refractivity contribution >= 4 is 17.7 Å². The number of benzene rings is 1. The summed E-state index contributed by atoms with van der Waals surface area (Å²) in [7, 11) is 0. The van der Waals surface area contributed by atoms with Crippen LogP contribution < -0.4 is 10.6 Å². The van der Waals surface area contributed by atoms with E-state index in [4.69, 9.17) is 0 Å². The van der Waals surface area contributed by atoms with Crippen molar-refractivity contribution in [1.29, 1.82) is 0 Å². The maximum absolute atomic E-state index is 12.0. The van der Waals surface area contributed by atoms with E-state index in [1.165, 1.54) is 5.56 Å². The first-order valence-corrected chi connectivity index (χ1v) is 7.35. The lowest BCUT2D eigenvalue weighted by Crippen LogP contribution is -2.53. The summed E-state index contributed by atoms with van der Waals surface area (Å²) < 4.78 is 0. The molecule has 114 valence electrons. The van der Waals surface area contributed by atoms with E-state index in [1.54, 1.807) is 0 Å². The number of aliphatic carboxylic acids is 1. The standard InChI is InChI=1S/C16H22N2O3/c1-11(2)12-5-7-13(8-6-12)17-15(21)18-16(14(19)20)9-3-4-10-16/h5-8,11H,3-4,9-10H2,1-2H3,(H,19,20)(H2,17,18,21). The maximum atomic E-state index is 12.0. The Labute approximate surface area is 124 Å². The second-order valence-electron chi connectivity index (χ2n) is 5.95. The molecule has 0 bridgehead atoms. The minimum absolute atomic E-state index is 0.432. The number of anilines is 1. The summed E-state index contributed by atoms with van der Waals surface area (Å²) >= 11 is 0. The molecule has 0 heterocycles. The molecule has 1 aromatic carbocycles. The first-order chi connectivity index (χ1) is 9.93. The summed E-state index contributed by atoms with van der Waals surface area (Å²) in [5.74, 6) is -0.521. The van der Waals surface area contributed by atoms with Gasteiger partial charge in [-0.05, 0) is 36.5 Å². The molecule has 5 heteroatoms. The molecule has 0 spiro atoms. The Morgan fingerprint density at radius 3 is 2.19 bits per heavy atom. The molecule has 3 N–H and O–H groups in total. The average molecular weight is 290 g/mol. The van der Waals surface area contributed by atoms with E-state index in [2.05, 4.69) is 24.5 Å². The molecule has 2 amide bonds. The van der Waals surface area contributed by atoms with Gasteiger partial charge in [-0.3, -0.25) is 0 Å². The molecular weight excluding hydrogens is 268 g/mol. The van der Waals surface area contributed by atoms with Crippen molar-refractivity contribution in [3.8, 4) is 0 Å². The lowest BCUT2D eigenvalue weighted by atomic mass is 9.98. The summed E-state index contributed by atoms with van der Waals surface area (Å²) in [6.45, 7) is 4.21. The van der Waals surface area contributed by atoms with Crippen LogP contribution in [0.4, 0.5) is 10.5 Å². The van der Waals surface area contributed by atoms with Gasteiger partial charge in [0.15, 0.2) is 0 Å². The van der Waals surface area contributed by atoms with Crippen molar-refractivity contribution in [3.63, 3.8) is 0 Å². The first kappa shape index (κ1) is 15.4. The highest BCUT2D eigenvalue weighted by atomic mass is 16.4. The Kier molecular flexibility index (Phi) is 4.50. The molecule has 1 saturated carbocycles. The first-order valence-electron chi connectivity index (χ1n) is 7.35. The van der Waals surface area contributed by atoms with Gasteiger partial charge in [-0.15, -0.1) is 0 Å². The minimum Gasteiger partial charge on any atom is -0.480 e. The summed E-state index contributed by atoms with van der Waals surface area (Å²) in [6, 6.07) is 7.12. The highest BCUT2D eigenvalue weighted by Gasteiger charge is 2.42. The molecule has 1 aliphatic rings. The molecule has 0 unspecified atom stereocenters. The van der Waals surface area contributed by atoms with Gasteiger partial charge in [0, 0.05) is 5.69 Å². The predicted octanol–water partition coefficient (Wildman–Crippen LogP) is 3.33. The minimum atomic E-state index is -1.11. The van der Waals surface area contributed by atoms with Gasteiger partial charge in [0.25, 0.3) is 0 Å². The summed E-state index contributed by atoms with van der Waals surface area (Å²) in [6.07, 6.45) is 2.63. The van der Waals surface area contributed by atoms with Crippen LogP contribution in [0.1, 0.15) is 51.0 Å².